The smallest absolute Gasteiger partial charge is 0.102 e. The van der Waals surface area contributed by atoms with E-state index in [1.807, 2.05) is 19.9 Å². The van der Waals surface area contributed by atoms with Gasteiger partial charge >= 0.3 is 0 Å². The van der Waals surface area contributed by atoms with Crippen LogP contribution in [0, 0.1) is 0 Å². The SMILES string of the molecule is CC1(C)C=CCNO1. The molecule has 0 saturated heterocycles. The van der Waals surface area contributed by atoms with E-state index in [0.717, 1.165) is 6.54 Å². The summed E-state index contributed by atoms with van der Waals surface area (Å²) in [7, 11) is 0. The number of hydrogen-bond acceptors (Lipinski definition) is 2. The quantitative estimate of drug-likeness (QED) is 0.470. The minimum Gasteiger partial charge on any atom is -0.291 e. The fraction of sp³-hybridized carbons (Fsp3) is 0.667. The molecule has 8 heavy (non-hydrogen) atoms. The maximum atomic E-state index is 5.13. The molecule has 0 spiro atoms. The number of hydrogen-bond donors (Lipinski definition) is 1. The lowest BCUT2D eigenvalue weighted by molar-refractivity contribution is -0.0569. The van der Waals surface area contributed by atoms with E-state index in [2.05, 4.69) is 11.6 Å². The highest BCUT2D eigenvalue weighted by atomic mass is 16.7. The van der Waals surface area contributed by atoms with E-state index < -0.39 is 0 Å². The summed E-state index contributed by atoms with van der Waals surface area (Å²) >= 11 is 0. The van der Waals surface area contributed by atoms with Gasteiger partial charge in [-0.15, -0.1) is 0 Å². The van der Waals surface area contributed by atoms with Crippen LogP contribution in [0.3, 0.4) is 0 Å². The molecule has 0 saturated carbocycles. The zero-order chi connectivity index (χ0) is 6.04. The molecule has 0 bridgehead atoms. The Bertz CT molecular complexity index is 107. The molecule has 0 aromatic carbocycles. The first-order valence-corrected chi connectivity index (χ1v) is 2.79. The number of nitrogens with one attached hydrogen (secondary N) is 1. The maximum Gasteiger partial charge on any atom is 0.102 e. The van der Waals surface area contributed by atoms with Crippen LogP contribution in [0.25, 0.3) is 0 Å². The van der Waals surface area contributed by atoms with Gasteiger partial charge in [-0.3, -0.25) is 4.84 Å². The molecule has 0 aromatic heterocycles. The van der Waals surface area contributed by atoms with Crippen LogP contribution in [0.2, 0.25) is 0 Å². The maximum absolute atomic E-state index is 5.13. The van der Waals surface area contributed by atoms with E-state index in [1.54, 1.807) is 0 Å². The van der Waals surface area contributed by atoms with Gasteiger partial charge < -0.3 is 0 Å². The molecule has 0 radical (unpaired) electrons. The Morgan fingerprint density at radius 1 is 1.62 bits per heavy atom. The molecular weight excluding hydrogens is 102 g/mol. The highest BCUT2D eigenvalue weighted by Gasteiger charge is 2.15. The average molecular weight is 113 g/mol. The Labute approximate surface area is 49.5 Å². The predicted octanol–water partition coefficient (Wildman–Crippen LogP) is 0.856. The second-order valence-corrected chi connectivity index (χ2v) is 2.46. The second-order valence-electron chi connectivity index (χ2n) is 2.46. The zero-order valence-corrected chi connectivity index (χ0v) is 5.27. The largest absolute Gasteiger partial charge is 0.291 e. The van der Waals surface area contributed by atoms with Crippen LogP contribution >= 0.6 is 0 Å². The first kappa shape index (κ1) is 5.79. The molecule has 1 N–H and O–H groups in total. The third-order valence-electron chi connectivity index (χ3n) is 1.06. The van der Waals surface area contributed by atoms with Gasteiger partial charge in [-0.05, 0) is 13.8 Å². The zero-order valence-electron chi connectivity index (χ0n) is 5.27. The normalized spacial score (nSPS) is 25.8. The van der Waals surface area contributed by atoms with Gasteiger partial charge in [-0.25, -0.2) is 0 Å². The Balaban J connectivity index is 2.56. The molecule has 0 unspecified atom stereocenters. The van der Waals surface area contributed by atoms with Gasteiger partial charge in [0.1, 0.15) is 5.60 Å². The standard InChI is InChI=1S/C6H11NO/c1-6(2)4-3-5-7-8-6/h3-4,7H,5H2,1-2H3. The molecule has 0 atom stereocenters. The van der Waals surface area contributed by atoms with Gasteiger partial charge in [-0.2, -0.15) is 5.48 Å². The minimum atomic E-state index is -0.113. The third-order valence-corrected chi connectivity index (χ3v) is 1.06. The first-order valence-electron chi connectivity index (χ1n) is 2.79. The van der Waals surface area contributed by atoms with Gasteiger partial charge in [0.15, 0.2) is 0 Å². The second kappa shape index (κ2) is 1.88. The van der Waals surface area contributed by atoms with Crippen molar-refractivity contribution < 1.29 is 4.84 Å². The van der Waals surface area contributed by atoms with Crippen molar-refractivity contribution in [2.45, 2.75) is 19.4 Å². The average Bonchev–Trinajstić information content (AvgIpc) is 1.65. The number of rotatable bonds is 0. The van der Waals surface area contributed by atoms with Crippen LogP contribution in [-0.2, 0) is 4.84 Å². The molecular formula is C6H11NO. The lowest BCUT2D eigenvalue weighted by atomic mass is 10.1. The summed E-state index contributed by atoms with van der Waals surface area (Å²) in [5.41, 5.74) is 2.68. The van der Waals surface area contributed by atoms with Crippen molar-refractivity contribution >= 4 is 0 Å². The van der Waals surface area contributed by atoms with E-state index in [1.165, 1.54) is 0 Å². The van der Waals surface area contributed by atoms with Gasteiger partial charge in [0, 0.05) is 6.54 Å². The summed E-state index contributed by atoms with van der Waals surface area (Å²) in [6.07, 6.45) is 4.10. The Hall–Kier alpha value is -0.340. The number of hydroxylamine groups is 1. The monoisotopic (exact) mass is 113 g/mol. The molecule has 1 aliphatic rings. The lowest BCUT2D eigenvalue weighted by Crippen LogP contribution is -2.34. The fourth-order valence-corrected chi connectivity index (χ4v) is 0.653. The van der Waals surface area contributed by atoms with Crippen molar-refractivity contribution in [3.8, 4) is 0 Å². The fourth-order valence-electron chi connectivity index (χ4n) is 0.653. The third kappa shape index (κ3) is 1.32. The first-order chi connectivity index (χ1) is 3.71. The van der Waals surface area contributed by atoms with Crippen molar-refractivity contribution in [2.24, 2.45) is 0 Å². The molecule has 1 heterocycles. The summed E-state index contributed by atoms with van der Waals surface area (Å²) in [6.45, 7) is 4.84. The van der Waals surface area contributed by atoms with Gasteiger partial charge in [0.2, 0.25) is 0 Å². The summed E-state index contributed by atoms with van der Waals surface area (Å²) in [4.78, 5) is 5.13. The minimum absolute atomic E-state index is 0.113. The predicted molar refractivity (Wildman–Crippen MR) is 32.3 cm³/mol. The highest BCUT2D eigenvalue weighted by Crippen LogP contribution is 2.10. The molecule has 0 aliphatic carbocycles. The van der Waals surface area contributed by atoms with Gasteiger partial charge in [0.25, 0.3) is 0 Å². The van der Waals surface area contributed by atoms with Crippen molar-refractivity contribution in [1.82, 2.24) is 5.48 Å². The summed E-state index contributed by atoms with van der Waals surface area (Å²) < 4.78 is 0. The van der Waals surface area contributed by atoms with Crippen molar-refractivity contribution in [2.75, 3.05) is 6.54 Å². The van der Waals surface area contributed by atoms with E-state index in [4.69, 9.17) is 4.84 Å². The van der Waals surface area contributed by atoms with Crippen molar-refractivity contribution in [3.05, 3.63) is 12.2 Å². The topological polar surface area (TPSA) is 21.3 Å². The van der Waals surface area contributed by atoms with Gasteiger partial charge in [-0.1, -0.05) is 12.2 Å². The Morgan fingerprint density at radius 2 is 2.38 bits per heavy atom. The van der Waals surface area contributed by atoms with Crippen LogP contribution in [0.4, 0.5) is 0 Å². The summed E-state index contributed by atoms with van der Waals surface area (Å²) in [5, 5.41) is 0. The van der Waals surface area contributed by atoms with Crippen LogP contribution in [0.15, 0.2) is 12.2 Å². The molecule has 0 fully saturated rings. The van der Waals surface area contributed by atoms with Crippen LogP contribution in [-0.4, -0.2) is 12.1 Å². The molecule has 46 valence electrons. The summed E-state index contributed by atoms with van der Waals surface area (Å²) in [6, 6.07) is 0. The highest BCUT2D eigenvalue weighted by molar-refractivity contribution is 4.99. The van der Waals surface area contributed by atoms with Gasteiger partial charge in [0.05, 0.1) is 0 Å². The van der Waals surface area contributed by atoms with E-state index in [-0.39, 0.29) is 5.60 Å². The van der Waals surface area contributed by atoms with E-state index in [9.17, 15) is 0 Å². The lowest BCUT2D eigenvalue weighted by Gasteiger charge is -2.23. The van der Waals surface area contributed by atoms with Crippen LogP contribution in [0.5, 0.6) is 0 Å². The van der Waals surface area contributed by atoms with Crippen LogP contribution < -0.4 is 5.48 Å². The van der Waals surface area contributed by atoms with Crippen LogP contribution in [0.1, 0.15) is 13.8 Å². The Kier molecular flexibility index (Phi) is 1.36. The van der Waals surface area contributed by atoms with Crippen molar-refractivity contribution in [1.29, 1.82) is 0 Å². The van der Waals surface area contributed by atoms with Crippen molar-refractivity contribution in [3.63, 3.8) is 0 Å². The Morgan fingerprint density at radius 3 is 2.62 bits per heavy atom. The molecule has 2 nitrogen and oxygen atoms in total. The molecule has 1 rings (SSSR count). The molecule has 0 amide bonds. The van der Waals surface area contributed by atoms with E-state index in [0.29, 0.717) is 0 Å². The van der Waals surface area contributed by atoms with E-state index >= 15 is 0 Å². The molecule has 0 aromatic rings. The molecule has 2 heteroatoms. The summed E-state index contributed by atoms with van der Waals surface area (Å²) in [5.74, 6) is 0. The molecule has 1 aliphatic heterocycles.